The van der Waals surface area contributed by atoms with Crippen LogP contribution in [0.15, 0.2) is 47.5 Å². The van der Waals surface area contributed by atoms with Crippen LogP contribution in [0.2, 0.25) is 0 Å². The summed E-state index contributed by atoms with van der Waals surface area (Å²) in [6.45, 7) is 0. The second-order valence-electron chi connectivity index (χ2n) is 4.62. The van der Waals surface area contributed by atoms with E-state index in [9.17, 15) is 4.79 Å². The lowest BCUT2D eigenvalue weighted by atomic mass is 10.1. The molecule has 6 nitrogen and oxygen atoms in total. The van der Waals surface area contributed by atoms with E-state index >= 15 is 0 Å². The average Bonchev–Trinajstić information content (AvgIpc) is 3.06. The van der Waals surface area contributed by atoms with Crippen molar-refractivity contribution < 1.29 is 0 Å². The molecule has 0 aliphatic rings. The molecule has 0 radical (unpaired) electrons. The Labute approximate surface area is 113 Å². The van der Waals surface area contributed by atoms with Gasteiger partial charge in [-0.15, -0.1) is 0 Å². The van der Waals surface area contributed by atoms with Gasteiger partial charge >= 0.3 is 0 Å². The van der Waals surface area contributed by atoms with Gasteiger partial charge in [-0.1, -0.05) is 30.3 Å². The number of nitrogens with one attached hydrogen (secondary N) is 2. The molecule has 3 aromatic heterocycles. The zero-order chi connectivity index (χ0) is 13.5. The van der Waals surface area contributed by atoms with Crippen LogP contribution in [0.1, 0.15) is 11.4 Å². The van der Waals surface area contributed by atoms with Crippen LogP contribution < -0.4 is 5.56 Å². The van der Waals surface area contributed by atoms with Gasteiger partial charge in [0.05, 0.1) is 0 Å². The zero-order valence-corrected chi connectivity index (χ0v) is 10.5. The van der Waals surface area contributed by atoms with Crippen LogP contribution in [0.3, 0.4) is 0 Å². The molecule has 98 valence electrons. The first-order valence-electron chi connectivity index (χ1n) is 6.29. The summed E-state index contributed by atoms with van der Waals surface area (Å²) in [5.74, 6) is 1.26. The van der Waals surface area contributed by atoms with Crippen LogP contribution in [-0.2, 0) is 6.42 Å². The minimum absolute atomic E-state index is 0.203. The molecule has 4 aromatic rings. The van der Waals surface area contributed by atoms with Gasteiger partial charge in [0.15, 0.2) is 5.65 Å². The van der Waals surface area contributed by atoms with E-state index < -0.39 is 0 Å². The van der Waals surface area contributed by atoms with Gasteiger partial charge in [-0.3, -0.25) is 14.2 Å². The monoisotopic (exact) mass is 265 g/mol. The first kappa shape index (κ1) is 11.0. The minimum Gasteiger partial charge on any atom is -0.336 e. The largest absolute Gasteiger partial charge is 0.336 e. The van der Waals surface area contributed by atoms with E-state index in [-0.39, 0.29) is 5.56 Å². The number of aromatic nitrogens is 5. The number of rotatable bonds is 2. The van der Waals surface area contributed by atoms with Gasteiger partial charge in [-0.25, -0.2) is 9.97 Å². The summed E-state index contributed by atoms with van der Waals surface area (Å²) in [7, 11) is 0. The van der Waals surface area contributed by atoms with Gasteiger partial charge in [0, 0.05) is 18.8 Å². The van der Waals surface area contributed by atoms with E-state index in [4.69, 9.17) is 0 Å². The van der Waals surface area contributed by atoms with Crippen LogP contribution in [0.4, 0.5) is 0 Å². The van der Waals surface area contributed by atoms with Gasteiger partial charge < -0.3 is 4.98 Å². The summed E-state index contributed by atoms with van der Waals surface area (Å²) < 4.78 is 1.77. The number of nitrogens with zero attached hydrogens (tertiary/aromatic N) is 3. The van der Waals surface area contributed by atoms with Crippen LogP contribution in [0, 0.1) is 0 Å². The molecule has 0 unspecified atom stereocenters. The minimum atomic E-state index is -0.203. The Hall–Kier alpha value is -2.89. The molecule has 3 heterocycles. The molecule has 2 N–H and O–H groups in total. The van der Waals surface area contributed by atoms with Gasteiger partial charge in [0.25, 0.3) is 5.56 Å². The third-order valence-corrected chi connectivity index (χ3v) is 3.27. The van der Waals surface area contributed by atoms with Crippen molar-refractivity contribution in [3.8, 4) is 0 Å². The maximum Gasteiger partial charge on any atom is 0.278 e. The maximum atomic E-state index is 12.0. The number of fused-ring (bicyclic) bond motifs is 3. The molecule has 0 aliphatic heterocycles. The highest BCUT2D eigenvalue weighted by Gasteiger charge is 2.11. The van der Waals surface area contributed by atoms with E-state index in [0.717, 1.165) is 11.4 Å². The molecule has 0 atom stereocenters. The third kappa shape index (κ3) is 1.62. The molecule has 0 saturated carbocycles. The lowest BCUT2D eigenvalue weighted by Crippen LogP contribution is -2.09. The molecule has 0 spiro atoms. The lowest BCUT2D eigenvalue weighted by molar-refractivity contribution is 1.03. The Morgan fingerprint density at radius 1 is 1.15 bits per heavy atom. The van der Waals surface area contributed by atoms with Crippen molar-refractivity contribution in [2.75, 3.05) is 0 Å². The SMILES string of the molecule is O=c1[nH]c2nccn2c2nc(Cc3ccccc3)[nH]c12. The van der Waals surface area contributed by atoms with Crippen molar-refractivity contribution in [3.63, 3.8) is 0 Å². The zero-order valence-electron chi connectivity index (χ0n) is 10.5. The topological polar surface area (TPSA) is 78.8 Å². The molecular formula is C14H11N5O. The number of H-pyrrole nitrogens is 2. The Morgan fingerprint density at radius 3 is 2.85 bits per heavy atom. The van der Waals surface area contributed by atoms with Gasteiger partial charge in [-0.2, -0.15) is 0 Å². The van der Waals surface area contributed by atoms with E-state index in [1.54, 1.807) is 16.8 Å². The van der Waals surface area contributed by atoms with E-state index in [2.05, 4.69) is 19.9 Å². The van der Waals surface area contributed by atoms with E-state index in [1.165, 1.54) is 0 Å². The highest BCUT2D eigenvalue weighted by atomic mass is 16.1. The summed E-state index contributed by atoms with van der Waals surface area (Å²) in [4.78, 5) is 26.4. The molecular weight excluding hydrogens is 254 g/mol. The smallest absolute Gasteiger partial charge is 0.278 e. The summed E-state index contributed by atoms with van der Waals surface area (Å²) in [5.41, 5.74) is 2.02. The Bertz CT molecular complexity index is 948. The van der Waals surface area contributed by atoms with Crippen LogP contribution in [-0.4, -0.2) is 24.3 Å². The van der Waals surface area contributed by atoms with Crippen molar-refractivity contribution in [1.82, 2.24) is 24.3 Å². The van der Waals surface area contributed by atoms with Crippen molar-refractivity contribution in [3.05, 3.63) is 64.5 Å². The van der Waals surface area contributed by atoms with Crippen molar-refractivity contribution in [1.29, 1.82) is 0 Å². The highest BCUT2D eigenvalue weighted by molar-refractivity contribution is 5.72. The normalized spacial score (nSPS) is 11.4. The van der Waals surface area contributed by atoms with Crippen molar-refractivity contribution in [2.45, 2.75) is 6.42 Å². The predicted octanol–water partition coefficient (Wildman–Crippen LogP) is 1.49. The van der Waals surface area contributed by atoms with Crippen molar-refractivity contribution in [2.24, 2.45) is 0 Å². The van der Waals surface area contributed by atoms with Crippen LogP contribution in [0.25, 0.3) is 16.9 Å². The molecule has 0 aliphatic carbocycles. The van der Waals surface area contributed by atoms with Crippen molar-refractivity contribution >= 4 is 16.9 Å². The quantitative estimate of drug-likeness (QED) is 0.576. The molecule has 0 bridgehead atoms. The molecule has 0 saturated heterocycles. The molecule has 1 aromatic carbocycles. The first-order valence-corrected chi connectivity index (χ1v) is 6.29. The summed E-state index contributed by atoms with van der Waals surface area (Å²) >= 11 is 0. The predicted molar refractivity (Wildman–Crippen MR) is 74.7 cm³/mol. The number of aromatic amines is 2. The standard InChI is InChI=1S/C14H11N5O/c20-13-11-12(19-7-6-15-14(19)18-13)17-10(16-11)8-9-4-2-1-3-5-9/h1-7H,8H2,(H,16,17)(H,15,18,20). The van der Waals surface area contributed by atoms with Gasteiger partial charge in [0.2, 0.25) is 5.78 Å². The number of imidazole rings is 2. The second kappa shape index (κ2) is 4.06. The Kier molecular flexibility index (Phi) is 2.23. The summed E-state index contributed by atoms with van der Waals surface area (Å²) in [5, 5.41) is 0. The van der Waals surface area contributed by atoms with Crippen LogP contribution >= 0.6 is 0 Å². The number of hydrogen-bond donors (Lipinski definition) is 2. The van der Waals surface area contributed by atoms with Gasteiger partial charge in [0.1, 0.15) is 11.3 Å². The number of benzene rings is 1. The van der Waals surface area contributed by atoms with Gasteiger partial charge in [-0.05, 0) is 5.56 Å². The molecule has 6 heteroatoms. The fourth-order valence-electron chi connectivity index (χ4n) is 2.35. The lowest BCUT2D eigenvalue weighted by Gasteiger charge is -1.95. The average molecular weight is 265 g/mol. The second-order valence-corrected chi connectivity index (χ2v) is 4.62. The Balaban J connectivity index is 1.90. The maximum absolute atomic E-state index is 12.0. The fourth-order valence-corrected chi connectivity index (χ4v) is 2.35. The molecule has 0 fully saturated rings. The number of hydrogen-bond acceptors (Lipinski definition) is 3. The summed E-state index contributed by atoms with van der Waals surface area (Å²) in [6.07, 6.45) is 4.07. The molecule has 20 heavy (non-hydrogen) atoms. The summed E-state index contributed by atoms with van der Waals surface area (Å²) in [6, 6.07) is 10.0. The first-order chi connectivity index (χ1) is 9.81. The fraction of sp³-hybridized carbons (Fsp3) is 0.0714. The molecule has 4 rings (SSSR count). The van der Waals surface area contributed by atoms with Crippen LogP contribution in [0.5, 0.6) is 0 Å². The van der Waals surface area contributed by atoms with E-state index in [0.29, 0.717) is 23.4 Å². The third-order valence-electron chi connectivity index (χ3n) is 3.27. The van der Waals surface area contributed by atoms with E-state index in [1.807, 2.05) is 30.3 Å². The highest BCUT2D eigenvalue weighted by Crippen LogP contribution is 2.11. The Morgan fingerprint density at radius 2 is 2.00 bits per heavy atom. The molecule has 0 amide bonds.